The fourth-order valence-corrected chi connectivity index (χ4v) is 5.00. The summed E-state index contributed by atoms with van der Waals surface area (Å²) in [5.41, 5.74) is 1.00. The van der Waals surface area contributed by atoms with Crippen LogP contribution in [-0.2, 0) is 15.4 Å². The van der Waals surface area contributed by atoms with E-state index in [9.17, 15) is 8.42 Å². The molecular formula is C19H28N4O3S. The minimum absolute atomic E-state index is 0.0881. The summed E-state index contributed by atoms with van der Waals surface area (Å²) in [7, 11) is -3.64. The van der Waals surface area contributed by atoms with Gasteiger partial charge in [0.15, 0.2) is 0 Å². The quantitative estimate of drug-likeness (QED) is 0.834. The minimum atomic E-state index is -3.64. The molecule has 2 heterocycles. The summed E-state index contributed by atoms with van der Waals surface area (Å²) in [6.07, 6.45) is 1.63. The summed E-state index contributed by atoms with van der Waals surface area (Å²) in [6, 6.07) is 9.54. The van der Waals surface area contributed by atoms with Gasteiger partial charge in [0.05, 0.1) is 24.2 Å². The summed E-state index contributed by atoms with van der Waals surface area (Å²) in [5, 5.41) is 13.7. The Hall–Kier alpha value is -1.74. The van der Waals surface area contributed by atoms with Crippen molar-refractivity contribution in [2.45, 2.75) is 31.1 Å². The molecule has 1 aliphatic rings. The van der Waals surface area contributed by atoms with Crippen LogP contribution >= 0.6 is 0 Å². The average molecular weight is 393 g/mol. The van der Waals surface area contributed by atoms with Crippen LogP contribution in [0.2, 0.25) is 0 Å². The van der Waals surface area contributed by atoms with E-state index < -0.39 is 15.4 Å². The number of nitrogens with zero attached hydrogens (tertiary/aromatic N) is 4. The maximum atomic E-state index is 13.4. The largest absolute Gasteiger partial charge is 0.395 e. The Balaban J connectivity index is 1.96. The van der Waals surface area contributed by atoms with Crippen molar-refractivity contribution in [3.05, 3.63) is 42.2 Å². The van der Waals surface area contributed by atoms with Gasteiger partial charge in [0.25, 0.3) is 0 Å². The van der Waals surface area contributed by atoms with Gasteiger partial charge in [0, 0.05) is 38.1 Å². The zero-order chi connectivity index (χ0) is 19.7. The van der Waals surface area contributed by atoms with Gasteiger partial charge in [0.2, 0.25) is 10.0 Å². The van der Waals surface area contributed by atoms with Gasteiger partial charge in [-0.1, -0.05) is 39.0 Å². The predicted octanol–water partition coefficient (Wildman–Crippen LogP) is 1.47. The van der Waals surface area contributed by atoms with Gasteiger partial charge in [-0.15, -0.1) is 0 Å². The van der Waals surface area contributed by atoms with E-state index in [0.29, 0.717) is 38.4 Å². The second-order valence-electron chi connectivity index (χ2n) is 7.84. The highest BCUT2D eigenvalue weighted by atomic mass is 32.2. The molecule has 0 saturated carbocycles. The van der Waals surface area contributed by atoms with Crippen LogP contribution in [0.15, 0.2) is 41.4 Å². The Bertz CT molecular complexity index is 864. The van der Waals surface area contributed by atoms with Crippen molar-refractivity contribution in [1.29, 1.82) is 0 Å². The SMILES string of the molecule is CC(C)(C)c1nn(-c2ccccc2)cc1S(=O)(=O)N1CCN(CCO)CC1. The molecule has 1 aromatic heterocycles. The molecule has 7 nitrogen and oxygen atoms in total. The third kappa shape index (κ3) is 4.24. The molecular weight excluding hydrogens is 364 g/mol. The molecule has 0 amide bonds. The number of hydrogen-bond donors (Lipinski definition) is 1. The molecule has 3 rings (SSSR count). The van der Waals surface area contributed by atoms with E-state index in [4.69, 9.17) is 5.11 Å². The van der Waals surface area contributed by atoms with E-state index in [1.165, 1.54) is 4.31 Å². The van der Waals surface area contributed by atoms with Crippen molar-refractivity contribution in [2.24, 2.45) is 0 Å². The first-order valence-corrected chi connectivity index (χ1v) is 10.7. The number of benzene rings is 1. The second-order valence-corrected chi connectivity index (χ2v) is 9.75. The molecule has 1 saturated heterocycles. The second kappa shape index (κ2) is 7.71. The van der Waals surface area contributed by atoms with Crippen LogP contribution in [0.25, 0.3) is 5.69 Å². The van der Waals surface area contributed by atoms with Crippen LogP contribution in [0, 0.1) is 0 Å². The molecule has 0 unspecified atom stereocenters. The Morgan fingerprint density at radius 1 is 1.07 bits per heavy atom. The molecule has 8 heteroatoms. The summed E-state index contributed by atoms with van der Waals surface area (Å²) >= 11 is 0. The highest BCUT2D eigenvalue weighted by Gasteiger charge is 2.35. The van der Waals surface area contributed by atoms with Gasteiger partial charge in [-0.3, -0.25) is 4.90 Å². The monoisotopic (exact) mass is 392 g/mol. The molecule has 0 bridgehead atoms. The van der Waals surface area contributed by atoms with Gasteiger partial charge < -0.3 is 5.11 Å². The third-order valence-corrected chi connectivity index (χ3v) is 6.68. The van der Waals surface area contributed by atoms with Crippen molar-refractivity contribution >= 4 is 10.0 Å². The number of piperazine rings is 1. The van der Waals surface area contributed by atoms with E-state index in [1.54, 1.807) is 10.9 Å². The number of aliphatic hydroxyl groups excluding tert-OH is 1. The highest BCUT2D eigenvalue weighted by molar-refractivity contribution is 7.89. The molecule has 0 spiro atoms. The lowest BCUT2D eigenvalue weighted by Crippen LogP contribution is -2.49. The molecule has 1 aromatic carbocycles. The fraction of sp³-hybridized carbons (Fsp3) is 0.526. The van der Waals surface area contributed by atoms with Crippen molar-refractivity contribution in [3.63, 3.8) is 0 Å². The van der Waals surface area contributed by atoms with Gasteiger partial charge in [-0.05, 0) is 12.1 Å². The van der Waals surface area contributed by atoms with Crippen molar-refractivity contribution in [1.82, 2.24) is 19.0 Å². The van der Waals surface area contributed by atoms with E-state index >= 15 is 0 Å². The zero-order valence-electron chi connectivity index (χ0n) is 16.2. The maximum absolute atomic E-state index is 13.4. The van der Waals surface area contributed by atoms with Gasteiger partial charge in [-0.25, -0.2) is 13.1 Å². The van der Waals surface area contributed by atoms with Crippen LogP contribution in [0.5, 0.6) is 0 Å². The molecule has 0 aliphatic carbocycles. The third-order valence-electron chi connectivity index (χ3n) is 4.78. The zero-order valence-corrected chi connectivity index (χ0v) is 17.0. The predicted molar refractivity (Wildman–Crippen MR) is 105 cm³/mol. The van der Waals surface area contributed by atoms with E-state index in [1.807, 2.05) is 51.1 Å². The van der Waals surface area contributed by atoms with Gasteiger partial charge in [0.1, 0.15) is 4.90 Å². The Kier molecular flexibility index (Phi) is 5.71. The van der Waals surface area contributed by atoms with Crippen LogP contribution in [0.1, 0.15) is 26.5 Å². The Labute approximate surface area is 161 Å². The molecule has 1 fully saturated rings. The van der Waals surface area contributed by atoms with Crippen molar-refractivity contribution in [3.8, 4) is 5.69 Å². The van der Waals surface area contributed by atoms with Crippen LogP contribution in [0.3, 0.4) is 0 Å². The van der Waals surface area contributed by atoms with Crippen LogP contribution in [0.4, 0.5) is 0 Å². The molecule has 2 aromatic rings. The molecule has 0 radical (unpaired) electrons. The summed E-state index contributed by atoms with van der Waals surface area (Å²) < 4.78 is 29.9. The maximum Gasteiger partial charge on any atom is 0.246 e. The fourth-order valence-electron chi connectivity index (χ4n) is 3.25. The Morgan fingerprint density at radius 3 is 2.26 bits per heavy atom. The first-order valence-electron chi connectivity index (χ1n) is 9.22. The minimum Gasteiger partial charge on any atom is -0.395 e. The number of aromatic nitrogens is 2. The summed E-state index contributed by atoms with van der Waals surface area (Å²) in [4.78, 5) is 2.35. The number of aliphatic hydroxyl groups is 1. The summed E-state index contributed by atoms with van der Waals surface area (Å²) in [6.45, 7) is 8.67. The normalized spacial score (nSPS) is 17.3. The average Bonchev–Trinajstić information content (AvgIpc) is 3.10. The standard InChI is InChI=1S/C19H28N4O3S/c1-19(2,3)18-17(15-23(20-18)16-7-5-4-6-8-16)27(25,26)22-11-9-21(10-12-22)13-14-24/h4-8,15,24H,9-14H2,1-3H3. The molecule has 1 aliphatic heterocycles. The van der Waals surface area contributed by atoms with Crippen LogP contribution < -0.4 is 0 Å². The topological polar surface area (TPSA) is 78.7 Å². The molecule has 0 atom stereocenters. The van der Waals surface area contributed by atoms with E-state index in [2.05, 4.69) is 10.00 Å². The number of para-hydroxylation sites is 1. The lowest BCUT2D eigenvalue weighted by molar-refractivity contribution is 0.151. The molecule has 27 heavy (non-hydrogen) atoms. The lowest BCUT2D eigenvalue weighted by atomic mass is 9.92. The van der Waals surface area contributed by atoms with Crippen molar-refractivity contribution < 1.29 is 13.5 Å². The number of β-amino-alcohol motifs (C(OH)–C–C–N with tert-alkyl or cyclic N) is 1. The van der Waals surface area contributed by atoms with Gasteiger partial charge in [-0.2, -0.15) is 9.40 Å². The smallest absolute Gasteiger partial charge is 0.246 e. The first-order chi connectivity index (χ1) is 12.7. The van der Waals surface area contributed by atoms with Crippen molar-refractivity contribution in [2.75, 3.05) is 39.3 Å². The summed E-state index contributed by atoms with van der Waals surface area (Å²) in [5.74, 6) is 0. The first kappa shape index (κ1) is 20.0. The number of rotatable bonds is 5. The van der Waals surface area contributed by atoms with E-state index in [-0.39, 0.29) is 11.5 Å². The molecule has 1 N–H and O–H groups in total. The Morgan fingerprint density at radius 2 is 1.70 bits per heavy atom. The van der Waals surface area contributed by atoms with Gasteiger partial charge >= 0.3 is 0 Å². The van der Waals surface area contributed by atoms with E-state index in [0.717, 1.165) is 5.69 Å². The lowest BCUT2D eigenvalue weighted by Gasteiger charge is -2.33. The number of sulfonamides is 1. The number of hydrogen-bond acceptors (Lipinski definition) is 5. The molecule has 148 valence electrons. The van der Waals surface area contributed by atoms with Crippen LogP contribution in [-0.4, -0.2) is 71.8 Å². The highest BCUT2D eigenvalue weighted by Crippen LogP contribution is 2.31.